The van der Waals surface area contributed by atoms with Gasteiger partial charge in [0.2, 0.25) is 0 Å². The molecule has 1 N–H and O–H groups in total. The van der Waals surface area contributed by atoms with E-state index in [1.807, 2.05) is 36.5 Å². The van der Waals surface area contributed by atoms with Gasteiger partial charge in [-0.2, -0.15) is 5.26 Å². The number of nitrogens with zero attached hydrogens (tertiary/aromatic N) is 2. The summed E-state index contributed by atoms with van der Waals surface area (Å²) in [5.74, 6) is 1.68. The second-order valence-electron chi connectivity index (χ2n) is 8.85. The Kier molecular flexibility index (Phi) is 4.78. The minimum atomic E-state index is -0.109. The molecule has 2 aromatic carbocycles. The van der Waals surface area contributed by atoms with Gasteiger partial charge in [-0.05, 0) is 45.6 Å². The number of nitrogens with one attached hydrogen (secondary N) is 1. The quantitative estimate of drug-likeness (QED) is 0.517. The van der Waals surface area contributed by atoms with Gasteiger partial charge in [-0.15, -0.1) is 0 Å². The highest BCUT2D eigenvalue weighted by Crippen LogP contribution is 2.56. The smallest absolute Gasteiger partial charge is 0.134 e. The molecular formula is C24H24BrN3O. The van der Waals surface area contributed by atoms with Crippen molar-refractivity contribution in [3.63, 3.8) is 0 Å². The first-order valence-corrected chi connectivity index (χ1v) is 10.5. The van der Waals surface area contributed by atoms with Crippen molar-refractivity contribution in [2.75, 3.05) is 5.32 Å². The molecule has 4 rings (SSSR count). The molecule has 0 bridgehead atoms. The predicted molar refractivity (Wildman–Crippen MR) is 120 cm³/mol. The molecule has 4 nitrogen and oxygen atoms in total. The highest BCUT2D eigenvalue weighted by molar-refractivity contribution is 9.10. The fourth-order valence-electron chi connectivity index (χ4n) is 4.97. The summed E-state index contributed by atoms with van der Waals surface area (Å²) in [6, 6.07) is 18.2. The molecule has 1 saturated carbocycles. The molecule has 1 aromatic heterocycles. The van der Waals surface area contributed by atoms with Crippen molar-refractivity contribution in [3.05, 3.63) is 64.8 Å². The third kappa shape index (κ3) is 3.26. The van der Waals surface area contributed by atoms with Gasteiger partial charge in [0.25, 0.3) is 0 Å². The molecule has 1 aliphatic rings. The maximum absolute atomic E-state index is 9.13. The second-order valence-corrected chi connectivity index (χ2v) is 9.71. The maximum atomic E-state index is 9.13. The van der Waals surface area contributed by atoms with Crippen LogP contribution in [0.15, 0.2) is 59.2 Å². The standard InChI is InChI=1S/C24H24BrN3O/c1-23(2)21(28-20-18-8-6-5-7-15(18)11-12-27-20)24(3,4)22(23)29-17-10-9-16(14-26)19(25)13-17/h5-13,21-22H,1-4H3,(H,27,28)/t21-,22-. The van der Waals surface area contributed by atoms with Crippen LogP contribution in [0.4, 0.5) is 5.82 Å². The summed E-state index contributed by atoms with van der Waals surface area (Å²) in [6.07, 6.45) is 1.87. The third-order valence-electron chi connectivity index (χ3n) is 6.11. The highest BCUT2D eigenvalue weighted by atomic mass is 79.9. The summed E-state index contributed by atoms with van der Waals surface area (Å²) >= 11 is 3.45. The molecule has 0 radical (unpaired) electrons. The van der Waals surface area contributed by atoms with Crippen molar-refractivity contribution in [2.24, 2.45) is 10.8 Å². The first-order valence-electron chi connectivity index (χ1n) is 9.71. The zero-order valence-corrected chi connectivity index (χ0v) is 18.6. The van der Waals surface area contributed by atoms with Gasteiger partial charge in [-0.1, -0.05) is 52.0 Å². The number of nitriles is 1. The summed E-state index contributed by atoms with van der Waals surface area (Å²) in [5.41, 5.74) is 0.386. The van der Waals surface area contributed by atoms with E-state index in [0.29, 0.717) is 5.56 Å². The fraction of sp³-hybridized carbons (Fsp3) is 0.333. The Morgan fingerprint density at radius 2 is 1.79 bits per heavy atom. The zero-order chi connectivity index (χ0) is 20.8. The van der Waals surface area contributed by atoms with E-state index in [0.717, 1.165) is 21.4 Å². The molecule has 1 heterocycles. The van der Waals surface area contributed by atoms with Crippen LogP contribution in [0.5, 0.6) is 5.75 Å². The second kappa shape index (κ2) is 7.03. The Balaban J connectivity index is 1.59. The molecule has 0 saturated heterocycles. The molecule has 3 aromatic rings. The minimum Gasteiger partial charge on any atom is -0.489 e. The lowest BCUT2D eigenvalue weighted by molar-refractivity contribution is -0.147. The van der Waals surface area contributed by atoms with Crippen molar-refractivity contribution >= 4 is 32.5 Å². The van der Waals surface area contributed by atoms with Gasteiger partial charge in [-0.25, -0.2) is 4.98 Å². The Bertz CT molecular complexity index is 1100. The van der Waals surface area contributed by atoms with Crippen molar-refractivity contribution in [2.45, 2.75) is 39.8 Å². The summed E-state index contributed by atoms with van der Waals surface area (Å²) in [7, 11) is 0. The van der Waals surface area contributed by atoms with Gasteiger partial charge in [0, 0.05) is 32.9 Å². The molecule has 0 spiro atoms. The van der Waals surface area contributed by atoms with Crippen LogP contribution in [0.2, 0.25) is 0 Å². The average Bonchev–Trinajstić information content (AvgIpc) is 2.70. The number of rotatable bonds is 4. The largest absolute Gasteiger partial charge is 0.489 e. The lowest BCUT2D eigenvalue weighted by Crippen LogP contribution is -2.72. The first-order chi connectivity index (χ1) is 13.7. The highest BCUT2D eigenvalue weighted by Gasteiger charge is 2.63. The van der Waals surface area contributed by atoms with Crippen LogP contribution < -0.4 is 10.1 Å². The third-order valence-corrected chi connectivity index (χ3v) is 6.77. The number of fused-ring (bicyclic) bond motifs is 1. The van der Waals surface area contributed by atoms with E-state index >= 15 is 0 Å². The predicted octanol–water partition coefficient (Wildman–Crippen LogP) is 6.16. The Morgan fingerprint density at radius 3 is 2.48 bits per heavy atom. The van der Waals surface area contributed by atoms with Crippen LogP contribution in [-0.2, 0) is 0 Å². The van der Waals surface area contributed by atoms with Gasteiger partial charge in [0.1, 0.15) is 23.7 Å². The van der Waals surface area contributed by atoms with Gasteiger partial charge < -0.3 is 10.1 Å². The van der Waals surface area contributed by atoms with Gasteiger partial charge in [-0.3, -0.25) is 0 Å². The molecule has 0 atom stereocenters. The van der Waals surface area contributed by atoms with Crippen molar-refractivity contribution in [1.29, 1.82) is 5.26 Å². The van der Waals surface area contributed by atoms with Crippen LogP contribution in [-0.4, -0.2) is 17.1 Å². The van der Waals surface area contributed by atoms with Crippen molar-refractivity contribution < 1.29 is 4.74 Å². The van der Waals surface area contributed by atoms with Crippen molar-refractivity contribution in [1.82, 2.24) is 4.98 Å². The van der Waals surface area contributed by atoms with E-state index in [4.69, 9.17) is 10.00 Å². The van der Waals surface area contributed by atoms with Crippen LogP contribution >= 0.6 is 15.9 Å². The lowest BCUT2D eigenvalue weighted by atomic mass is 9.49. The molecule has 1 fully saturated rings. The molecule has 1 aliphatic carbocycles. The number of ether oxygens (including phenoxy) is 1. The van der Waals surface area contributed by atoms with E-state index in [2.05, 4.69) is 72.1 Å². The normalized spacial score (nSPS) is 21.8. The first kappa shape index (κ1) is 19.7. The fourth-order valence-corrected chi connectivity index (χ4v) is 5.41. The number of hydrogen-bond acceptors (Lipinski definition) is 4. The van der Waals surface area contributed by atoms with Crippen LogP contribution in [0.3, 0.4) is 0 Å². The topological polar surface area (TPSA) is 57.9 Å². The molecule has 0 amide bonds. The van der Waals surface area contributed by atoms with E-state index in [-0.39, 0.29) is 23.0 Å². The van der Waals surface area contributed by atoms with E-state index < -0.39 is 0 Å². The zero-order valence-electron chi connectivity index (χ0n) is 17.0. The number of pyridine rings is 1. The number of aromatic nitrogens is 1. The van der Waals surface area contributed by atoms with Crippen molar-refractivity contribution in [3.8, 4) is 11.8 Å². The molecular weight excluding hydrogens is 426 g/mol. The van der Waals surface area contributed by atoms with E-state index in [1.54, 1.807) is 6.07 Å². The number of anilines is 1. The summed E-state index contributed by atoms with van der Waals surface area (Å²) < 4.78 is 7.17. The van der Waals surface area contributed by atoms with E-state index in [9.17, 15) is 0 Å². The van der Waals surface area contributed by atoms with Crippen LogP contribution in [0.25, 0.3) is 10.8 Å². The number of benzene rings is 2. The Hall–Kier alpha value is -2.58. The Morgan fingerprint density at radius 1 is 1.07 bits per heavy atom. The monoisotopic (exact) mass is 449 g/mol. The van der Waals surface area contributed by atoms with Gasteiger partial charge in [0.15, 0.2) is 0 Å². The summed E-state index contributed by atoms with van der Waals surface area (Å²) in [6.45, 7) is 8.91. The lowest BCUT2D eigenvalue weighted by Gasteiger charge is -2.63. The Labute approximate surface area is 180 Å². The SMILES string of the molecule is CC1(C)[C@H](Nc2nccc3ccccc23)C(C)(C)[C@H]1Oc1ccc(C#N)c(Br)c1. The molecule has 0 unspecified atom stereocenters. The van der Waals surface area contributed by atoms with E-state index in [1.165, 1.54) is 5.39 Å². The van der Waals surface area contributed by atoms with Gasteiger partial charge >= 0.3 is 0 Å². The molecule has 0 aliphatic heterocycles. The molecule has 29 heavy (non-hydrogen) atoms. The molecule has 5 heteroatoms. The summed E-state index contributed by atoms with van der Waals surface area (Å²) in [5, 5.41) is 15.1. The average molecular weight is 450 g/mol. The summed E-state index contributed by atoms with van der Waals surface area (Å²) in [4.78, 5) is 4.61. The maximum Gasteiger partial charge on any atom is 0.134 e. The van der Waals surface area contributed by atoms with Gasteiger partial charge in [0.05, 0.1) is 5.56 Å². The number of hydrogen-bond donors (Lipinski definition) is 1. The number of halogens is 1. The van der Waals surface area contributed by atoms with Crippen LogP contribution in [0, 0.1) is 22.2 Å². The molecule has 148 valence electrons. The minimum absolute atomic E-state index is 0.0160. The van der Waals surface area contributed by atoms with Crippen LogP contribution in [0.1, 0.15) is 33.3 Å².